The maximum Gasteiger partial charge on any atom is 0.156 e. The minimum absolute atomic E-state index is 0.315. The molecule has 19 heavy (non-hydrogen) atoms. The van der Waals surface area contributed by atoms with Crippen LogP contribution in [-0.4, -0.2) is 16.5 Å². The predicted octanol–water partition coefficient (Wildman–Crippen LogP) is 4.88. The van der Waals surface area contributed by atoms with Gasteiger partial charge in [-0.2, -0.15) is 0 Å². The summed E-state index contributed by atoms with van der Waals surface area (Å²) in [7, 11) is 0. The normalized spacial score (nSPS) is 15.8. The maximum atomic E-state index is 9.38. The van der Waals surface area contributed by atoms with Gasteiger partial charge in [0.1, 0.15) is 0 Å². The highest BCUT2D eigenvalue weighted by Crippen LogP contribution is 2.32. The molecule has 0 amide bonds. The number of aliphatic hydroxyl groups excluding tert-OH is 1. The maximum absolute atomic E-state index is 9.38. The molecule has 0 saturated heterocycles. The molecule has 0 fully saturated rings. The summed E-state index contributed by atoms with van der Waals surface area (Å²) in [4.78, 5) is 0. The fourth-order valence-electron chi connectivity index (χ4n) is 2.33. The molecule has 2 nitrogen and oxygen atoms in total. The van der Waals surface area contributed by atoms with Gasteiger partial charge in [-0.1, -0.05) is 73.1 Å². The van der Waals surface area contributed by atoms with E-state index >= 15 is 0 Å². The highest BCUT2D eigenvalue weighted by molar-refractivity contribution is 4.74. The Labute approximate surface area is 120 Å². The summed E-state index contributed by atoms with van der Waals surface area (Å²) >= 11 is 0. The number of hydrogen-bond donors (Lipinski definition) is 2. The lowest BCUT2D eigenvalue weighted by Gasteiger charge is -2.30. The summed E-state index contributed by atoms with van der Waals surface area (Å²) in [5, 5.41) is 18.8. The second-order valence-corrected chi connectivity index (χ2v) is 7.17. The van der Waals surface area contributed by atoms with E-state index in [2.05, 4.69) is 20.8 Å². The zero-order valence-electron chi connectivity index (χ0n) is 13.8. The molecule has 0 spiro atoms. The van der Waals surface area contributed by atoms with E-state index in [1.807, 2.05) is 13.8 Å². The van der Waals surface area contributed by atoms with Crippen LogP contribution in [0.2, 0.25) is 0 Å². The van der Waals surface area contributed by atoms with Crippen molar-refractivity contribution in [2.75, 3.05) is 0 Å². The molecule has 0 aliphatic heterocycles. The summed E-state index contributed by atoms with van der Waals surface area (Å²) in [6.07, 6.45) is 9.40. The standard InChI is InChI=1S/C17H36O2/c1-6-16(3,4)13-11-9-8-10-12-14-17(5,7-2)15(18)19/h15,18-19H,6-14H2,1-5H3/t17-/m0/s1. The van der Waals surface area contributed by atoms with Crippen LogP contribution in [0.1, 0.15) is 92.4 Å². The fourth-order valence-corrected chi connectivity index (χ4v) is 2.33. The minimum Gasteiger partial charge on any atom is -0.368 e. The van der Waals surface area contributed by atoms with Gasteiger partial charge in [-0.15, -0.1) is 0 Å². The lowest BCUT2D eigenvalue weighted by Crippen LogP contribution is -2.31. The van der Waals surface area contributed by atoms with Crippen molar-refractivity contribution in [1.29, 1.82) is 0 Å². The smallest absolute Gasteiger partial charge is 0.156 e. The molecule has 2 N–H and O–H groups in total. The molecule has 0 aliphatic carbocycles. The van der Waals surface area contributed by atoms with Crippen LogP contribution in [0.15, 0.2) is 0 Å². The molecule has 0 unspecified atom stereocenters. The number of rotatable bonds is 11. The summed E-state index contributed by atoms with van der Waals surface area (Å²) in [6, 6.07) is 0. The summed E-state index contributed by atoms with van der Waals surface area (Å²) < 4.78 is 0. The van der Waals surface area contributed by atoms with Crippen LogP contribution in [0, 0.1) is 10.8 Å². The first-order valence-electron chi connectivity index (χ1n) is 8.13. The van der Waals surface area contributed by atoms with Gasteiger partial charge >= 0.3 is 0 Å². The van der Waals surface area contributed by atoms with Crippen molar-refractivity contribution in [3.8, 4) is 0 Å². The van der Waals surface area contributed by atoms with Gasteiger partial charge in [0.15, 0.2) is 6.29 Å². The molecule has 0 bridgehead atoms. The molecular formula is C17H36O2. The van der Waals surface area contributed by atoms with E-state index in [0.29, 0.717) is 5.41 Å². The summed E-state index contributed by atoms with van der Waals surface area (Å²) in [5.74, 6) is 0. The summed E-state index contributed by atoms with van der Waals surface area (Å²) in [5.41, 5.74) is 0.186. The van der Waals surface area contributed by atoms with Crippen LogP contribution >= 0.6 is 0 Å². The van der Waals surface area contributed by atoms with Crippen molar-refractivity contribution in [1.82, 2.24) is 0 Å². The Kier molecular flexibility index (Phi) is 8.93. The van der Waals surface area contributed by atoms with Crippen molar-refractivity contribution in [2.24, 2.45) is 10.8 Å². The van der Waals surface area contributed by atoms with Gasteiger partial charge in [0.2, 0.25) is 0 Å². The average molecular weight is 272 g/mol. The highest BCUT2D eigenvalue weighted by Gasteiger charge is 2.28. The zero-order chi connectivity index (χ0) is 14.9. The van der Waals surface area contributed by atoms with Crippen molar-refractivity contribution in [3.63, 3.8) is 0 Å². The summed E-state index contributed by atoms with van der Waals surface area (Å²) in [6.45, 7) is 11.0. The average Bonchev–Trinajstić information content (AvgIpc) is 2.37. The topological polar surface area (TPSA) is 40.5 Å². The van der Waals surface area contributed by atoms with E-state index < -0.39 is 6.29 Å². The van der Waals surface area contributed by atoms with Gasteiger partial charge in [0, 0.05) is 5.41 Å². The van der Waals surface area contributed by atoms with Crippen molar-refractivity contribution < 1.29 is 10.2 Å². The second-order valence-electron chi connectivity index (χ2n) is 7.17. The van der Waals surface area contributed by atoms with Gasteiger partial charge in [-0.25, -0.2) is 0 Å². The Bertz CT molecular complexity index is 223. The van der Waals surface area contributed by atoms with E-state index in [0.717, 1.165) is 19.3 Å². The van der Waals surface area contributed by atoms with E-state index in [4.69, 9.17) is 0 Å². The Morgan fingerprint density at radius 2 is 1.21 bits per heavy atom. The van der Waals surface area contributed by atoms with Crippen LogP contribution in [0.5, 0.6) is 0 Å². The van der Waals surface area contributed by atoms with E-state index in [-0.39, 0.29) is 5.41 Å². The number of aliphatic hydroxyl groups is 2. The Morgan fingerprint density at radius 1 is 0.737 bits per heavy atom. The van der Waals surface area contributed by atoms with Crippen molar-refractivity contribution in [2.45, 2.75) is 98.7 Å². The van der Waals surface area contributed by atoms with E-state index in [9.17, 15) is 10.2 Å². The third-order valence-corrected chi connectivity index (χ3v) is 4.99. The lowest BCUT2D eigenvalue weighted by atomic mass is 9.81. The molecule has 0 aromatic heterocycles. The van der Waals surface area contributed by atoms with Gasteiger partial charge in [-0.05, 0) is 24.7 Å². The van der Waals surface area contributed by atoms with Crippen molar-refractivity contribution in [3.05, 3.63) is 0 Å². The monoisotopic (exact) mass is 272 g/mol. The molecule has 0 radical (unpaired) electrons. The van der Waals surface area contributed by atoms with Gasteiger partial charge < -0.3 is 10.2 Å². The van der Waals surface area contributed by atoms with Crippen LogP contribution in [0.4, 0.5) is 0 Å². The molecule has 2 heteroatoms. The SMILES string of the molecule is CCC(C)(C)CCCCCCC[C@](C)(CC)C(O)O. The third-order valence-electron chi connectivity index (χ3n) is 4.99. The van der Waals surface area contributed by atoms with Crippen LogP contribution in [-0.2, 0) is 0 Å². The first-order chi connectivity index (χ1) is 8.77. The largest absolute Gasteiger partial charge is 0.368 e. The molecule has 0 saturated carbocycles. The number of unbranched alkanes of at least 4 members (excludes halogenated alkanes) is 4. The molecular weight excluding hydrogens is 236 g/mol. The van der Waals surface area contributed by atoms with Gasteiger partial charge in [-0.3, -0.25) is 0 Å². The third kappa shape index (κ3) is 7.94. The quantitative estimate of drug-likeness (QED) is 0.416. The van der Waals surface area contributed by atoms with Gasteiger partial charge in [0.25, 0.3) is 0 Å². The Hall–Kier alpha value is -0.0800. The zero-order valence-corrected chi connectivity index (χ0v) is 13.8. The Balaban J connectivity index is 3.61. The van der Waals surface area contributed by atoms with Crippen LogP contribution in [0.25, 0.3) is 0 Å². The molecule has 0 aromatic rings. The first-order valence-corrected chi connectivity index (χ1v) is 8.13. The molecule has 0 heterocycles. The van der Waals surface area contributed by atoms with Gasteiger partial charge in [0.05, 0.1) is 0 Å². The molecule has 116 valence electrons. The highest BCUT2D eigenvalue weighted by atomic mass is 16.5. The van der Waals surface area contributed by atoms with Crippen LogP contribution < -0.4 is 0 Å². The minimum atomic E-state index is -1.18. The predicted molar refractivity (Wildman–Crippen MR) is 83.0 cm³/mol. The Morgan fingerprint density at radius 3 is 1.63 bits per heavy atom. The van der Waals surface area contributed by atoms with E-state index in [1.165, 1.54) is 38.5 Å². The lowest BCUT2D eigenvalue weighted by molar-refractivity contribution is -0.133. The van der Waals surface area contributed by atoms with E-state index in [1.54, 1.807) is 0 Å². The number of hydrogen-bond acceptors (Lipinski definition) is 2. The molecule has 1 atom stereocenters. The molecule has 0 rings (SSSR count). The first kappa shape index (κ1) is 18.9. The molecule has 0 aromatic carbocycles. The second kappa shape index (κ2) is 8.97. The fraction of sp³-hybridized carbons (Fsp3) is 1.00. The van der Waals surface area contributed by atoms with Crippen molar-refractivity contribution >= 4 is 0 Å². The van der Waals surface area contributed by atoms with Crippen LogP contribution in [0.3, 0.4) is 0 Å². The molecule has 0 aliphatic rings.